The number of hydrogen-bond donors (Lipinski definition) is 2. The quantitative estimate of drug-likeness (QED) is 0.734. The molecule has 1 saturated heterocycles. The van der Waals surface area contributed by atoms with Gasteiger partial charge in [-0.1, -0.05) is 36.4 Å². The van der Waals surface area contributed by atoms with E-state index in [0.29, 0.717) is 24.2 Å². The van der Waals surface area contributed by atoms with Crippen LogP contribution in [0.5, 0.6) is 11.5 Å². The Morgan fingerprint density at radius 1 is 1.16 bits per heavy atom. The van der Waals surface area contributed by atoms with Crippen molar-refractivity contribution >= 4 is 11.9 Å². The maximum absolute atomic E-state index is 13.8. The highest BCUT2D eigenvalue weighted by Gasteiger charge is 2.74. The molecule has 0 aromatic heterocycles. The molecule has 2 N–H and O–H groups in total. The molecule has 2 saturated carbocycles. The molecule has 164 valence electrons. The smallest absolute Gasteiger partial charge is 0.200 e. The van der Waals surface area contributed by atoms with Gasteiger partial charge >= 0.3 is 0 Å². The standard InChI is InChI=1S/C27H27NO4/c29-20-9-8-18-13-21-27(31)14-19(12-16-4-2-1-3-5-16)23(30)25-26(27,22(18)24(20)32-25)10-11-28(21)15-17-6-7-17/h1-5,8-9,12,17,21,25,29,31H,6-7,10-11,13-15H2/b19-12+/t21-,25+,26?,27-/m1/s1. The van der Waals surface area contributed by atoms with Gasteiger partial charge in [-0.2, -0.15) is 0 Å². The number of likely N-dealkylation sites (tertiary alicyclic amines) is 1. The number of aliphatic hydroxyl groups is 1. The molecule has 7 rings (SSSR count). The van der Waals surface area contributed by atoms with Gasteiger partial charge in [-0.25, -0.2) is 0 Å². The van der Waals surface area contributed by atoms with Crippen molar-refractivity contribution in [2.24, 2.45) is 5.92 Å². The van der Waals surface area contributed by atoms with Gasteiger partial charge in [0, 0.05) is 30.1 Å². The predicted octanol–water partition coefficient (Wildman–Crippen LogP) is 3.22. The zero-order valence-electron chi connectivity index (χ0n) is 18.0. The van der Waals surface area contributed by atoms with Crippen LogP contribution in [-0.2, 0) is 16.6 Å². The summed E-state index contributed by atoms with van der Waals surface area (Å²) in [4.78, 5) is 16.3. The molecule has 5 aliphatic rings. The molecule has 3 aliphatic carbocycles. The predicted molar refractivity (Wildman–Crippen MR) is 120 cm³/mol. The van der Waals surface area contributed by atoms with Crippen LogP contribution in [0, 0.1) is 5.92 Å². The number of rotatable bonds is 3. The van der Waals surface area contributed by atoms with E-state index in [0.717, 1.165) is 42.1 Å². The summed E-state index contributed by atoms with van der Waals surface area (Å²) in [6, 6.07) is 13.4. The molecule has 3 fully saturated rings. The van der Waals surface area contributed by atoms with Crippen molar-refractivity contribution in [2.75, 3.05) is 13.1 Å². The van der Waals surface area contributed by atoms with Crippen molar-refractivity contribution in [3.8, 4) is 11.5 Å². The highest BCUT2D eigenvalue weighted by Crippen LogP contribution is 2.65. The van der Waals surface area contributed by atoms with Gasteiger partial charge in [-0.3, -0.25) is 9.69 Å². The van der Waals surface area contributed by atoms with Crippen molar-refractivity contribution in [3.05, 3.63) is 64.7 Å². The van der Waals surface area contributed by atoms with Crippen LogP contribution in [0.2, 0.25) is 0 Å². The van der Waals surface area contributed by atoms with E-state index in [-0.39, 0.29) is 17.6 Å². The number of ether oxygens (including phenoxy) is 1. The first-order valence-electron chi connectivity index (χ1n) is 11.8. The average molecular weight is 430 g/mol. The summed E-state index contributed by atoms with van der Waals surface area (Å²) in [5, 5.41) is 23.2. The number of ketones is 1. The topological polar surface area (TPSA) is 70.0 Å². The summed E-state index contributed by atoms with van der Waals surface area (Å²) < 4.78 is 6.26. The lowest BCUT2D eigenvalue weighted by Gasteiger charge is -2.62. The van der Waals surface area contributed by atoms with Crippen LogP contribution in [0.25, 0.3) is 6.08 Å². The minimum Gasteiger partial charge on any atom is -0.504 e. The summed E-state index contributed by atoms with van der Waals surface area (Å²) in [6.07, 6.45) is 5.37. The molecule has 2 bridgehead atoms. The molecule has 2 aliphatic heterocycles. The summed E-state index contributed by atoms with van der Waals surface area (Å²) in [7, 11) is 0. The molecule has 5 heteroatoms. The number of carbonyl (C=O) groups excluding carboxylic acids is 1. The molecule has 2 heterocycles. The lowest BCUT2D eigenvalue weighted by atomic mass is 9.48. The van der Waals surface area contributed by atoms with Gasteiger partial charge in [0.25, 0.3) is 0 Å². The number of phenolic OH excluding ortho intramolecular Hbond substituents is 1. The van der Waals surface area contributed by atoms with E-state index in [9.17, 15) is 15.0 Å². The fourth-order valence-corrected chi connectivity index (χ4v) is 7.06. The van der Waals surface area contributed by atoms with Gasteiger partial charge < -0.3 is 14.9 Å². The fourth-order valence-electron chi connectivity index (χ4n) is 7.06. The molecule has 1 unspecified atom stereocenters. The van der Waals surface area contributed by atoms with Gasteiger partial charge in [-0.15, -0.1) is 0 Å². The van der Waals surface area contributed by atoms with Crippen molar-refractivity contribution in [1.29, 1.82) is 0 Å². The third kappa shape index (κ3) is 2.28. The van der Waals surface area contributed by atoms with Crippen LogP contribution in [0.4, 0.5) is 0 Å². The van der Waals surface area contributed by atoms with Gasteiger partial charge in [0.15, 0.2) is 23.4 Å². The summed E-state index contributed by atoms with van der Waals surface area (Å²) in [5.74, 6) is 1.14. The average Bonchev–Trinajstić information content (AvgIpc) is 3.52. The van der Waals surface area contributed by atoms with Crippen LogP contribution < -0.4 is 4.74 Å². The third-order valence-corrected chi connectivity index (χ3v) is 8.67. The van der Waals surface area contributed by atoms with Gasteiger partial charge in [0.05, 0.1) is 11.0 Å². The maximum Gasteiger partial charge on any atom is 0.200 e. The Morgan fingerprint density at radius 2 is 1.97 bits per heavy atom. The van der Waals surface area contributed by atoms with E-state index in [1.165, 1.54) is 12.8 Å². The molecule has 4 atom stereocenters. The van der Waals surface area contributed by atoms with Crippen LogP contribution in [0.3, 0.4) is 0 Å². The number of nitrogens with zero attached hydrogens (tertiary/aromatic N) is 1. The maximum atomic E-state index is 13.8. The largest absolute Gasteiger partial charge is 0.504 e. The fraction of sp³-hybridized carbons (Fsp3) is 0.444. The molecular formula is C27H27NO4. The number of benzene rings is 2. The second-order valence-corrected chi connectivity index (χ2v) is 10.4. The Kier molecular flexibility index (Phi) is 3.68. The Morgan fingerprint density at radius 3 is 2.75 bits per heavy atom. The Balaban J connectivity index is 1.42. The van der Waals surface area contributed by atoms with E-state index >= 15 is 0 Å². The van der Waals surface area contributed by atoms with Gasteiger partial charge in [-0.05, 0) is 61.4 Å². The molecule has 2 aromatic carbocycles. The highest BCUT2D eigenvalue weighted by atomic mass is 16.5. The Bertz CT molecular complexity index is 1170. The number of aromatic hydroxyl groups is 1. The second-order valence-electron chi connectivity index (χ2n) is 10.4. The number of phenols is 1. The SMILES string of the molecule is O=C1/C(=C/c2ccccc2)C[C@@]2(O)[C@H]3Cc4ccc(O)c5c4C2(CCN3CC2CC2)[C@H]1O5. The molecule has 1 spiro atoms. The van der Waals surface area contributed by atoms with E-state index in [1.807, 2.05) is 42.5 Å². The monoisotopic (exact) mass is 429 g/mol. The van der Waals surface area contributed by atoms with Crippen molar-refractivity contribution < 1.29 is 19.7 Å². The Labute approximate surface area is 187 Å². The van der Waals surface area contributed by atoms with E-state index in [2.05, 4.69) is 4.90 Å². The normalized spacial score (nSPS) is 36.2. The Hall–Kier alpha value is -2.63. The second kappa shape index (κ2) is 6.24. The number of hydrogen-bond acceptors (Lipinski definition) is 5. The highest BCUT2D eigenvalue weighted by molar-refractivity contribution is 6.06. The van der Waals surface area contributed by atoms with Crippen molar-refractivity contribution in [2.45, 2.75) is 55.3 Å². The van der Waals surface area contributed by atoms with E-state index < -0.39 is 17.1 Å². The molecule has 0 radical (unpaired) electrons. The molecule has 0 amide bonds. The van der Waals surface area contributed by atoms with Crippen LogP contribution in [-0.4, -0.2) is 51.7 Å². The number of carbonyl (C=O) groups is 1. The molecule has 32 heavy (non-hydrogen) atoms. The molecular weight excluding hydrogens is 402 g/mol. The van der Waals surface area contributed by atoms with Crippen LogP contribution in [0.15, 0.2) is 48.0 Å². The third-order valence-electron chi connectivity index (χ3n) is 8.67. The van der Waals surface area contributed by atoms with Gasteiger partial charge in [0.2, 0.25) is 0 Å². The summed E-state index contributed by atoms with van der Waals surface area (Å²) in [6.45, 7) is 1.86. The summed E-state index contributed by atoms with van der Waals surface area (Å²) >= 11 is 0. The lowest BCUT2D eigenvalue weighted by molar-refractivity contribution is -0.179. The van der Waals surface area contributed by atoms with Gasteiger partial charge in [0.1, 0.15) is 0 Å². The minimum atomic E-state index is -1.11. The van der Waals surface area contributed by atoms with Crippen LogP contribution in [0.1, 0.15) is 42.4 Å². The first-order chi connectivity index (χ1) is 15.5. The lowest BCUT2D eigenvalue weighted by Crippen LogP contribution is -2.77. The zero-order valence-corrected chi connectivity index (χ0v) is 18.0. The summed E-state index contributed by atoms with van der Waals surface area (Å²) in [5.41, 5.74) is 1.67. The van der Waals surface area contributed by atoms with Crippen molar-refractivity contribution in [3.63, 3.8) is 0 Å². The van der Waals surface area contributed by atoms with E-state index in [4.69, 9.17) is 4.74 Å². The molecule has 2 aromatic rings. The minimum absolute atomic E-state index is 0.0572. The first kappa shape index (κ1) is 18.9. The number of Topliss-reactive ketones (excluding diaryl/α,β-unsaturated/α-hetero) is 1. The van der Waals surface area contributed by atoms with Crippen LogP contribution >= 0.6 is 0 Å². The van der Waals surface area contributed by atoms with Crippen molar-refractivity contribution in [1.82, 2.24) is 4.90 Å². The zero-order chi connectivity index (χ0) is 21.7. The first-order valence-corrected chi connectivity index (χ1v) is 11.8. The van der Waals surface area contributed by atoms with E-state index in [1.54, 1.807) is 6.07 Å². The molecule has 5 nitrogen and oxygen atoms in total. The number of piperidine rings is 1.